The number of likely N-dealkylation sites (N-methyl/N-ethyl adjacent to an activating group) is 1. The average Bonchev–Trinajstić information content (AvgIpc) is 2.98. The summed E-state index contributed by atoms with van der Waals surface area (Å²) in [5, 5.41) is 21.3. The number of aryl methyl sites for hydroxylation is 1. The normalized spacial score (nSPS) is 23.4. The van der Waals surface area contributed by atoms with Crippen LogP contribution in [0, 0.1) is 0 Å². The molecule has 1 aliphatic rings. The molecule has 0 aromatic heterocycles. The molecule has 2 aromatic carbocycles. The highest BCUT2D eigenvalue weighted by molar-refractivity contribution is 7.89. The largest absolute Gasteiger partial charge is 0.389 e. The predicted molar refractivity (Wildman–Crippen MR) is 108 cm³/mol. The molecule has 28 heavy (non-hydrogen) atoms. The summed E-state index contributed by atoms with van der Waals surface area (Å²) in [5.41, 5.74) is -0.223. The fourth-order valence-electron chi connectivity index (χ4n) is 3.66. The third kappa shape index (κ3) is 4.79. The van der Waals surface area contributed by atoms with Gasteiger partial charge in [-0.2, -0.15) is 4.31 Å². The van der Waals surface area contributed by atoms with Crippen LogP contribution in [0.15, 0.2) is 65.6 Å². The number of hydrogen-bond acceptors (Lipinski definition) is 5. The third-order valence-corrected chi connectivity index (χ3v) is 7.05. The average molecular weight is 405 g/mol. The summed E-state index contributed by atoms with van der Waals surface area (Å²) in [5.74, 6) is 0. The molecule has 1 saturated heterocycles. The molecule has 0 unspecified atom stereocenters. The quantitative estimate of drug-likeness (QED) is 0.694. The summed E-state index contributed by atoms with van der Waals surface area (Å²) in [6.45, 7) is 0.735. The first-order valence-electron chi connectivity index (χ1n) is 9.49. The van der Waals surface area contributed by atoms with Crippen molar-refractivity contribution in [1.29, 1.82) is 0 Å². The van der Waals surface area contributed by atoms with Crippen molar-refractivity contribution in [3.63, 3.8) is 0 Å². The number of nitrogens with zero attached hydrogens (tertiary/aromatic N) is 2. The van der Waals surface area contributed by atoms with Crippen molar-refractivity contribution in [2.24, 2.45) is 0 Å². The topological polar surface area (TPSA) is 81.1 Å². The fraction of sp³-hybridized carbons (Fsp3) is 0.429. The van der Waals surface area contributed by atoms with E-state index < -0.39 is 21.7 Å². The molecule has 7 heteroatoms. The smallest absolute Gasteiger partial charge is 0.243 e. The van der Waals surface area contributed by atoms with Gasteiger partial charge in [-0.25, -0.2) is 8.42 Å². The molecule has 1 heterocycles. The lowest BCUT2D eigenvalue weighted by Crippen LogP contribution is -2.50. The van der Waals surface area contributed by atoms with E-state index in [1.54, 1.807) is 18.2 Å². The zero-order valence-corrected chi connectivity index (χ0v) is 16.9. The lowest BCUT2D eigenvalue weighted by Gasteiger charge is -2.31. The summed E-state index contributed by atoms with van der Waals surface area (Å²) < 4.78 is 26.7. The van der Waals surface area contributed by atoms with Gasteiger partial charge in [0.1, 0.15) is 5.60 Å². The Labute approximate surface area is 167 Å². The first-order chi connectivity index (χ1) is 13.3. The Morgan fingerprint density at radius 2 is 1.71 bits per heavy atom. The lowest BCUT2D eigenvalue weighted by molar-refractivity contribution is -0.0572. The summed E-state index contributed by atoms with van der Waals surface area (Å²) in [6, 6.07) is 18.3. The standard InChI is InChI=1S/C21H28N2O4S/c1-22(14-8-11-18-9-4-2-5-10-18)16-21(25)17-23(15-20(21)24)28(26,27)19-12-6-3-7-13-19/h2-7,9-10,12-13,20,24-25H,8,11,14-17H2,1H3/t20-,21+/m1/s1. The minimum absolute atomic E-state index is 0.106. The molecule has 2 aromatic rings. The Balaban J connectivity index is 1.57. The molecule has 2 N–H and O–H groups in total. The number of aliphatic hydroxyl groups is 2. The number of rotatable bonds is 8. The zero-order valence-electron chi connectivity index (χ0n) is 16.1. The molecule has 6 nitrogen and oxygen atoms in total. The highest BCUT2D eigenvalue weighted by atomic mass is 32.2. The van der Waals surface area contributed by atoms with Crippen LogP contribution in [0.5, 0.6) is 0 Å². The van der Waals surface area contributed by atoms with Crippen LogP contribution in [0.1, 0.15) is 12.0 Å². The van der Waals surface area contributed by atoms with Crippen molar-refractivity contribution in [3.8, 4) is 0 Å². The number of benzene rings is 2. The maximum absolute atomic E-state index is 12.8. The van der Waals surface area contributed by atoms with Gasteiger partial charge in [-0.05, 0) is 44.1 Å². The molecule has 3 rings (SSSR count). The molecule has 1 aliphatic heterocycles. The summed E-state index contributed by atoms with van der Waals surface area (Å²) in [7, 11) is -1.86. The Morgan fingerprint density at radius 3 is 2.36 bits per heavy atom. The first-order valence-corrected chi connectivity index (χ1v) is 10.9. The van der Waals surface area contributed by atoms with E-state index in [0.717, 1.165) is 19.4 Å². The Hall–Kier alpha value is -1.77. The van der Waals surface area contributed by atoms with Crippen molar-refractivity contribution >= 4 is 10.0 Å². The second-order valence-electron chi connectivity index (χ2n) is 7.56. The van der Waals surface area contributed by atoms with Crippen LogP contribution in [0.4, 0.5) is 0 Å². The van der Waals surface area contributed by atoms with Gasteiger partial charge in [-0.3, -0.25) is 0 Å². The fourth-order valence-corrected chi connectivity index (χ4v) is 5.19. The Morgan fingerprint density at radius 1 is 1.11 bits per heavy atom. The summed E-state index contributed by atoms with van der Waals surface area (Å²) >= 11 is 0. The lowest BCUT2D eigenvalue weighted by atomic mass is 10.00. The highest BCUT2D eigenvalue weighted by Gasteiger charge is 2.49. The van der Waals surface area contributed by atoms with Crippen LogP contribution in [0.3, 0.4) is 0 Å². The molecule has 0 radical (unpaired) electrons. The zero-order chi connectivity index (χ0) is 20.2. The van der Waals surface area contributed by atoms with E-state index in [1.807, 2.05) is 30.1 Å². The molecule has 0 saturated carbocycles. The van der Waals surface area contributed by atoms with E-state index in [9.17, 15) is 18.6 Å². The van der Waals surface area contributed by atoms with Gasteiger partial charge in [0.2, 0.25) is 10.0 Å². The minimum Gasteiger partial charge on any atom is -0.389 e. The molecule has 152 valence electrons. The van der Waals surface area contributed by atoms with Gasteiger partial charge >= 0.3 is 0 Å². The van der Waals surface area contributed by atoms with E-state index in [2.05, 4.69) is 12.1 Å². The number of aliphatic hydroxyl groups excluding tert-OH is 1. The third-order valence-electron chi connectivity index (χ3n) is 5.22. The highest BCUT2D eigenvalue weighted by Crippen LogP contribution is 2.28. The van der Waals surface area contributed by atoms with Crippen LogP contribution in [-0.2, 0) is 16.4 Å². The van der Waals surface area contributed by atoms with E-state index in [0.29, 0.717) is 0 Å². The van der Waals surface area contributed by atoms with Crippen molar-refractivity contribution in [3.05, 3.63) is 66.2 Å². The van der Waals surface area contributed by atoms with Gasteiger partial charge < -0.3 is 15.1 Å². The van der Waals surface area contributed by atoms with E-state index in [1.165, 1.54) is 22.0 Å². The molecule has 0 amide bonds. The molecule has 2 atom stereocenters. The van der Waals surface area contributed by atoms with Crippen LogP contribution in [-0.4, -0.2) is 72.8 Å². The molecule has 0 spiro atoms. The maximum Gasteiger partial charge on any atom is 0.243 e. The molecule has 1 fully saturated rings. The van der Waals surface area contributed by atoms with Crippen molar-refractivity contribution in [1.82, 2.24) is 9.21 Å². The van der Waals surface area contributed by atoms with Crippen LogP contribution < -0.4 is 0 Å². The summed E-state index contributed by atoms with van der Waals surface area (Å²) in [4.78, 5) is 2.12. The second kappa shape index (κ2) is 8.71. The minimum atomic E-state index is -3.74. The van der Waals surface area contributed by atoms with Crippen LogP contribution in [0.25, 0.3) is 0 Å². The maximum atomic E-state index is 12.8. The van der Waals surface area contributed by atoms with Gasteiger partial charge in [0.15, 0.2) is 0 Å². The van der Waals surface area contributed by atoms with E-state index in [-0.39, 0.29) is 24.5 Å². The number of sulfonamides is 1. The van der Waals surface area contributed by atoms with Gasteiger partial charge in [-0.1, -0.05) is 48.5 Å². The molecule has 0 aliphatic carbocycles. The van der Waals surface area contributed by atoms with Crippen LogP contribution >= 0.6 is 0 Å². The van der Waals surface area contributed by atoms with E-state index >= 15 is 0 Å². The van der Waals surface area contributed by atoms with Crippen LogP contribution in [0.2, 0.25) is 0 Å². The van der Waals surface area contributed by atoms with Gasteiger partial charge in [0.05, 0.1) is 11.0 Å². The molecule has 0 bridgehead atoms. The second-order valence-corrected chi connectivity index (χ2v) is 9.49. The van der Waals surface area contributed by atoms with Gasteiger partial charge in [0, 0.05) is 19.6 Å². The van der Waals surface area contributed by atoms with Crippen molar-refractivity contribution in [2.45, 2.75) is 29.4 Å². The van der Waals surface area contributed by atoms with Gasteiger partial charge in [-0.15, -0.1) is 0 Å². The summed E-state index contributed by atoms with van der Waals surface area (Å²) in [6.07, 6.45) is 0.724. The molecular formula is C21H28N2O4S. The monoisotopic (exact) mass is 404 g/mol. The SMILES string of the molecule is CN(CCCc1ccccc1)C[C@]1(O)CN(S(=O)(=O)c2ccccc2)C[C@H]1O. The Kier molecular flexibility index (Phi) is 6.52. The number of β-amino-alcohol motifs (C(OH)–C–C–N with tert-alkyl or cyclic N) is 2. The molecular weight excluding hydrogens is 376 g/mol. The van der Waals surface area contributed by atoms with Gasteiger partial charge in [0.25, 0.3) is 0 Å². The van der Waals surface area contributed by atoms with E-state index in [4.69, 9.17) is 0 Å². The Bertz CT molecular complexity index is 860. The first kappa shape index (κ1) is 21.0. The predicted octanol–water partition coefficient (Wildman–Crippen LogP) is 1.35. The number of hydrogen-bond donors (Lipinski definition) is 2. The van der Waals surface area contributed by atoms with Crippen molar-refractivity contribution in [2.75, 3.05) is 33.2 Å². The van der Waals surface area contributed by atoms with Crippen molar-refractivity contribution < 1.29 is 18.6 Å².